The van der Waals surface area contributed by atoms with Crippen LogP contribution in [0.1, 0.15) is 30.5 Å². The molecule has 8 heteroatoms. The van der Waals surface area contributed by atoms with Gasteiger partial charge in [0.25, 0.3) is 0 Å². The van der Waals surface area contributed by atoms with E-state index in [2.05, 4.69) is 4.98 Å². The van der Waals surface area contributed by atoms with Gasteiger partial charge in [-0.1, -0.05) is 19.1 Å². The van der Waals surface area contributed by atoms with Crippen molar-refractivity contribution in [1.29, 1.82) is 0 Å². The zero-order chi connectivity index (χ0) is 22.7. The van der Waals surface area contributed by atoms with Crippen LogP contribution in [0, 0.1) is 12.7 Å². The molecule has 0 aliphatic heterocycles. The van der Waals surface area contributed by atoms with Crippen LogP contribution in [0.2, 0.25) is 0 Å². The van der Waals surface area contributed by atoms with E-state index in [1.54, 1.807) is 26.2 Å². The molecule has 0 atom stereocenters. The minimum Gasteiger partial charge on any atom is -0.306 e. The van der Waals surface area contributed by atoms with Crippen molar-refractivity contribution >= 4 is 34.0 Å². The SMILES string of the molecule is CCCn1c(=O)n(CCC(=O)N(Cc2csc(C)n2)c2ccc(F)cc2)c2ccccc21. The van der Waals surface area contributed by atoms with E-state index in [0.29, 0.717) is 18.8 Å². The first-order valence-electron chi connectivity index (χ1n) is 10.6. The summed E-state index contributed by atoms with van der Waals surface area (Å²) in [6, 6.07) is 13.5. The minimum atomic E-state index is -0.360. The molecular weight excluding hydrogens is 427 g/mol. The first-order valence-corrected chi connectivity index (χ1v) is 11.5. The average Bonchev–Trinajstić information content (AvgIpc) is 3.32. The number of para-hydroxylation sites is 2. The Balaban J connectivity index is 1.61. The second kappa shape index (κ2) is 9.48. The molecule has 2 aromatic heterocycles. The molecule has 0 N–H and O–H groups in total. The highest BCUT2D eigenvalue weighted by Gasteiger charge is 2.20. The van der Waals surface area contributed by atoms with Crippen LogP contribution >= 0.6 is 11.3 Å². The molecule has 4 rings (SSSR count). The van der Waals surface area contributed by atoms with E-state index in [-0.39, 0.29) is 30.4 Å². The molecule has 4 aromatic rings. The normalized spacial score (nSPS) is 11.2. The third kappa shape index (κ3) is 4.50. The van der Waals surface area contributed by atoms with Gasteiger partial charge in [-0.15, -0.1) is 11.3 Å². The number of halogens is 1. The molecule has 0 aliphatic carbocycles. The highest BCUT2D eigenvalue weighted by molar-refractivity contribution is 7.09. The maximum atomic E-state index is 13.5. The lowest BCUT2D eigenvalue weighted by Crippen LogP contribution is -2.32. The molecule has 0 unspecified atom stereocenters. The largest absolute Gasteiger partial charge is 0.329 e. The van der Waals surface area contributed by atoms with Crippen molar-refractivity contribution in [2.24, 2.45) is 0 Å². The molecule has 0 saturated heterocycles. The number of amides is 1. The van der Waals surface area contributed by atoms with E-state index in [0.717, 1.165) is 28.2 Å². The lowest BCUT2D eigenvalue weighted by atomic mass is 10.2. The van der Waals surface area contributed by atoms with Crippen LogP contribution in [0.5, 0.6) is 0 Å². The molecule has 1 amide bonds. The summed E-state index contributed by atoms with van der Waals surface area (Å²) < 4.78 is 16.9. The summed E-state index contributed by atoms with van der Waals surface area (Å²) in [6.07, 6.45) is 0.985. The standard InChI is InChI=1S/C24H25FN4O2S/c1-3-13-27-21-6-4-5-7-22(21)28(24(27)31)14-12-23(30)29(15-19-16-32-17(2)26-19)20-10-8-18(25)9-11-20/h4-11,16H,3,12-15H2,1-2H3. The van der Waals surface area contributed by atoms with Crippen LogP contribution < -0.4 is 10.6 Å². The molecule has 32 heavy (non-hydrogen) atoms. The van der Waals surface area contributed by atoms with Gasteiger partial charge in [-0.25, -0.2) is 14.2 Å². The molecule has 166 valence electrons. The van der Waals surface area contributed by atoms with Crippen LogP contribution in [0.3, 0.4) is 0 Å². The topological polar surface area (TPSA) is 60.1 Å². The number of anilines is 1. The number of hydrogen-bond acceptors (Lipinski definition) is 4. The molecule has 0 spiro atoms. The van der Waals surface area contributed by atoms with E-state index in [4.69, 9.17) is 0 Å². The number of nitrogens with zero attached hydrogens (tertiary/aromatic N) is 4. The summed E-state index contributed by atoms with van der Waals surface area (Å²) in [5.74, 6) is -0.512. The van der Waals surface area contributed by atoms with E-state index < -0.39 is 0 Å². The van der Waals surface area contributed by atoms with Gasteiger partial charge in [-0.2, -0.15) is 0 Å². The summed E-state index contributed by atoms with van der Waals surface area (Å²) in [5, 5.41) is 2.84. The lowest BCUT2D eigenvalue weighted by Gasteiger charge is -2.22. The number of fused-ring (bicyclic) bond motifs is 1. The maximum Gasteiger partial charge on any atom is 0.329 e. The Morgan fingerprint density at radius 2 is 1.72 bits per heavy atom. The highest BCUT2D eigenvalue weighted by Crippen LogP contribution is 2.21. The Morgan fingerprint density at radius 3 is 2.31 bits per heavy atom. The van der Waals surface area contributed by atoms with Crippen molar-refractivity contribution in [3.8, 4) is 0 Å². The number of carbonyl (C=O) groups excluding carboxylic acids is 1. The average molecular weight is 453 g/mol. The van der Waals surface area contributed by atoms with Crippen LogP contribution in [0.15, 0.2) is 58.7 Å². The summed E-state index contributed by atoms with van der Waals surface area (Å²) in [6.45, 7) is 5.13. The van der Waals surface area contributed by atoms with Crippen molar-refractivity contribution < 1.29 is 9.18 Å². The first-order chi connectivity index (χ1) is 15.5. The minimum absolute atomic E-state index is 0.107. The Morgan fingerprint density at radius 1 is 1.06 bits per heavy atom. The van der Waals surface area contributed by atoms with Crippen molar-refractivity contribution in [2.45, 2.75) is 46.3 Å². The van der Waals surface area contributed by atoms with Crippen LogP contribution in [-0.2, 0) is 24.4 Å². The van der Waals surface area contributed by atoms with Gasteiger partial charge in [0.15, 0.2) is 0 Å². The Hall–Kier alpha value is -3.26. The number of aryl methyl sites for hydroxylation is 3. The number of hydrogen-bond donors (Lipinski definition) is 0. The fraction of sp³-hybridized carbons (Fsp3) is 0.292. The van der Waals surface area contributed by atoms with Gasteiger partial charge < -0.3 is 4.90 Å². The summed E-state index contributed by atoms with van der Waals surface area (Å²) in [7, 11) is 0. The van der Waals surface area contributed by atoms with Crippen molar-refractivity contribution in [2.75, 3.05) is 4.90 Å². The molecular formula is C24H25FN4O2S. The predicted molar refractivity (Wildman–Crippen MR) is 126 cm³/mol. The number of rotatable bonds is 8. The van der Waals surface area contributed by atoms with Gasteiger partial charge in [0.1, 0.15) is 5.82 Å². The van der Waals surface area contributed by atoms with E-state index >= 15 is 0 Å². The van der Waals surface area contributed by atoms with E-state index in [1.807, 2.05) is 43.5 Å². The van der Waals surface area contributed by atoms with Gasteiger partial charge >= 0.3 is 5.69 Å². The summed E-state index contributed by atoms with van der Waals surface area (Å²) in [5.41, 5.74) is 2.97. The van der Waals surface area contributed by atoms with Gasteiger partial charge in [0.2, 0.25) is 5.91 Å². The van der Waals surface area contributed by atoms with Gasteiger partial charge in [0, 0.05) is 30.6 Å². The zero-order valence-electron chi connectivity index (χ0n) is 18.1. The second-order valence-corrected chi connectivity index (χ2v) is 8.70. The fourth-order valence-electron chi connectivity index (χ4n) is 3.86. The lowest BCUT2D eigenvalue weighted by molar-refractivity contribution is -0.119. The zero-order valence-corrected chi connectivity index (χ0v) is 18.9. The second-order valence-electron chi connectivity index (χ2n) is 7.64. The number of imidazole rings is 1. The van der Waals surface area contributed by atoms with Crippen LogP contribution in [-0.4, -0.2) is 20.0 Å². The number of thiazole rings is 1. The third-order valence-electron chi connectivity index (χ3n) is 5.35. The third-order valence-corrected chi connectivity index (χ3v) is 6.17. The van der Waals surface area contributed by atoms with E-state index in [1.165, 1.54) is 23.5 Å². The van der Waals surface area contributed by atoms with Crippen molar-refractivity contribution in [3.63, 3.8) is 0 Å². The number of aromatic nitrogens is 3. The molecule has 2 aromatic carbocycles. The Labute approximate surface area is 189 Å². The molecule has 0 fully saturated rings. The Bertz CT molecular complexity index is 1290. The highest BCUT2D eigenvalue weighted by atomic mass is 32.1. The van der Waals surface area contributed by atoms with Crippen LogP contribution in [0.4, 0.5) is 10.1 Å². The van der Waals surface area contributed by atoms with Crippen LogP contribution in [0.25, 0.3) is 11.0 Å². The quantitative estimate of drug-likeness (QED) is 0.388. The summed E-state index contributed by atoms with van der Waals surface area (Å²) >= 11 is 1.52. The maximum absolute atomic E-state index is 13.5. The van der Waals surface area contributed by atoms with Gasteiger partial charge in [-0.3, -0.25) is 13.9 Å². The van der Waals surface area contributed by atoms with Gasteiger partial charge in [0.05, 0.1) is 28.3 Å². The molecule has 2 heterocycles. The fourth-order valence-corrected chi connectivity index (χ4v) is 4.46. The Kier molecular flexibility index (Phi) is 6.50. The number of carbonyl (C=O) groups is 1. The molecule has 6 nitrogen and oxygen atoms in total. The van der Waals surface area contributed by atoms with Crippen molar-refractivity contribution in [3.05, 3.63) is 80.9 Å². The molecule has 0 aliphatic rings. The monoisotopic (exact) mass is 452 g/mol. The summed E-state index contributed by atoms with van der Waals surface area (Å²) in [4.78, 5) is 32.4. The predicted octanol–water partition coefficient (Wildman–Crippen LogP) is 4.74. The number of benzene rings is 2. The van der Waals surface area contributed by atoms with Crippen molar-refractivity contribution in [1.82, 2.24) is 14.1 Å². The molecule has 0 bridgehead atoms. The first kappa shape index (κ1) is 22.0. The van der Waals surface area contributed by atoms with Gasteiger partial charge in [-0.05, 0) is 49.7 Å². The molecule has 0 radical (unpaired) electrons. The van der Waals surface area contributed by atoms with E-state index in [9.17, 15) is 14.0 Å². The smallest absolute Gasteiger partial charge is 0.306 e. The molecule has 0 saturated carbocycles.